The summed E-state index contributed by atoms with van der Waals surface area (Å²) in [6.45, 7) is 1.70. The summed E-state index contributed by atoms with van der Waals surface area (Å²) >= 11 is 0. The fourth-order valence-electron chi connectivity index (χ4n) is 1.69. The lowest BCUT2D eigenvalue weighted by Gasteiger charge is -2.08. The lowest BCUT2D eigenvalue weighted by atomic mass is 10.1. The summed E-state index contributed by atoms with van der Waals surface area (Å²) in [6.07, 6.45) is 0.698. The summed E-state index contributed by atoms with van der Waals surface area (Å²) in [7, 11) is 0. The Morgan fingerprint density at radius 3 is 2.60 bits per heavy atom. The van der Waals surface area contributed by atoms with Gasteiger partial charge in [-0.25, -0.2) is 4.39 Å². The molecule has 0 aromatic heterocycles. The van der Waals surface area contributed by atoms with E-state index in [9.17, 15) is 19.3 Å². The Balaban J connectivity index is 2.39. The Morgan fingerprint density at radius 1 is 1.25 bits per heavy atom. The predicted octanol–water partition coefficient (Wildman–Crippen LogP) is 3.65. The lowest BCUT2D eigenvalue weighted by molar-refractivity contribution is -0.385. The molecule has 0 amide bonds. The molecule has 0 radical (unpaired) electrons. The molecule has 0 N–H and O–H groups in total. The monoisotopic (exact) mass is 275 g/mol. The SMILES string of the molecule is Cc1cc(Oc2cc(F)ccc2[N+](=O)[O-])ccc1C=O. The molecule has 2 rings (SSSR count). The molecular weight excluding hydrogens is 265 g/mol. The molecule has 0 aliphatic heterocycles. The van der Waals surface area contributed by atoms with Gasteiger partial charge in [-0.05, 0) is 36.8 Å². The number of halogens is 1. The Labute approximate surface area is 113 Å². The Hall–Kier alpha value is -2.76. The van der Waals surface area contributed by atoms with Crippen LogP contribution in [0.4, 0.5) is 10.1 Å². The van der Waals surface area contributed by atoms with Crippen LogP contribution in [0.2, 0.25) is 0 Å². The van der Waals surface area contributed by atoms with Gasteiger partial charge in [0.1, 0.15) is 17.9 Å². The molecule has 0 fully saturated rings. The topological polar surface area (TPSA) is 69.4 Å². The molecule has 0 aliphatic carbocycles. The Morgan fingerprint density at radius 2 is 2.00 bits per heavy atom. The molecule has 102 valence electrons. The first-order chi connectivity index (χ1) is 9.51. The first-order valence-corrected chi connectivity index (χ1v) is 5.69. The van der Waals surface area contributed by atoms with Gasteiger partial charge in [-0.15, -0.1) is 0 Å². The minimum atomic E-state index is -0.651. The van der Waals surface area contributed by atoms with E-state index in [4.69, 9.17) is 4.74 Å². The van der Waals surface area contributed by atoms with E-state index in [1.54, 1.807) is 13.0 Å². The van der Waals surface area contributed by atoms with Gasteiger partial charge in [0.05, 0.1) is 4.92 Å². The third-order valence-electron chi connectivity index (χ3n) is 2.71. The van der Waals surface area contributed by atoms with Gasteiger partial charge in [-0.1, -0.05) is 0 Å². The van der Waals surface area contributed by atoms with Gasteiger partial charge in [0.15, 0.2) is 0 Å². The van der Waals surface area contributed by atoms with Crippen LogP contribution in [-0.2, 0) is 0 Å². The summed E-state index contributed by atoms with van der Waals surface area (Å²) in [5.74, 6) is -0.526. The number of hydrogen-bond acceptors (Lipinski definition) is 4. The summed E-state index contributed by atoms with van der Waals surface area (Å²) in [6, 6.07) is 7.55. The second-order valence-corrected chi connectivity index (χ2v) is 4.11. The van der Waals surface area contributed by atoms with Gasteiger partial charge in [0.2, 0.25) is 5.75 Å². The Bertz CT molecular complexity index is 685. The van der Waals surface area contributed by atoms with Crippen molar-refractivity contribution in [1.29, 1.82) is 0 Å². The molecule has 0 aliphatic rings. The first kappa shape index (κ1) is 13.7. The molecule has 0 atom stereocenters. The maximum absolute atomic E-state index is 13.2. The number of hydrogen-bond donors (Lipinski definition) is 0. The molecule has 0 saturated heterocycles. The molecule has 2 aromatic rings. The van der Waals surface area contributed by atoms with Crippen molar-refractivity contribution in [3.05, 3.63) is 63.5 Å². The highest BCUT2D eigenvalue weighted by molar-refractivity contribution is 5.77. The lowest BCUT2D eigenvalue weighted by Crippen LogP contribution is -1.95. The standard InChI is InChI=1S/C14H10FNO4/c1-9-6-12(4-2-10(9)8-17)20-14-7-11(15)3-5-13(14)16(18)19/h2-8H,1H3. The van der Waals surface area contributed by atoms with Crippen LogP contribution in [-0.4, -0.2) is 11.2 Å². The van der Waals surface area contributed by atoms with Gasteiger partial charge >= 0.3 is 5.69 Å². The zero-order valence-electron chi connectivity index (χ0n) is 10.5. The van der Waals surface area contributed by atoms with E-state index in [1.807, 2.05) is 0 Å². The van der Waals surface area contributed by atoms with Crippen LogP contribution >= 0.6 is 0 Å². The van der Waals surface area contributed by atoms with Crippen molar-refractivity contribution in [3.8, 4) is 11.5 Å². The minimum Gasteiger partial charge on any atom is -0.450 e. The molecule has 2 aromatic carbocycles. The van der Waals surface area contributed by atoms with Gasteiger partial charge in [-0.2, -0.15) is 0 Å². The van der Waals surface area contributed by atoms with Crippen molar-refractivity contribution in [2.45, 2.75) is 6.92 Å². The average molecular weight is 275 g/mol. The highest BCUT2D eigenvalue weighted by atomic mass is 19.1. The third-order valence-corrected chi connectivity index (χ3v) is 2.71. The number of nitrogens with zero attached hydrogens (tertiary/aromatic N) is 1. The molecule has 0 spiro atoms. The third kappa shape index (κ3) is 2.80. The number of carbonyl (C=O) groups excluding carboxylic acids is 1. The molecule has 20 heavy (non-hydrogen) atoms. The van der Waals surface area contributed by atoms with Gasteiger partial charge in [0, 0.05) is 17.7 Å². The van der Waals surface area contributed by atoms with Crippen LogP contribution in [0.25, 0.3) is 0 Å². The van der Waals surface area contributed by atoms with Crippen LogP contribution in [0, 0.1) is 22.9 Å². The van der Waals surface area contributed by atoms with E-state index in [1.165, 1.54) is 12.1 Å². The van der Waals surface area contributed by atoms with Crippen LogP contribution in [0.15, 0.2) is 36.4 Å². The number of carbonyl (C=O) groups is 1. The molecular formula is C14H10FNO4. The zero-order valence-corrected chi connectivity index (χ0v) is 10.5. The number of rotatable bonds is 4. The van der Waals surface area contributed by atoms with Gasteiger partial charge in [-0.3, -0.25) is 14.9 Å². The van der Waals surface area contributed by atoms with Crippen molar-refractivity contribution in [2.75, 3.05) is 0 Å². The van der Waals surface area contributed by atoms with Crippen molar-refractivity contribution < 1.29 is 18.8 Å². The fraction of sp³-hybridized carbons (Fsp3) is 0.0714. The maximum Gasteiger partial charge on any atom is 0.311 e. The van der Waals surface area contributed by atoms with Crippen LogP contribution in [0.1, 0.15) is 15.9 Å². The number of aryl methyl sites for hydroxylation is 1. The molecule has 0 unspecified atom stereocenters. The molecule has 0 bridgehead atoms. The smallest absolute Gasteiger partial charge is 0.311 e. The predicted molar refractivity (Wildman–Crippen MR) is 69.7 cm³/mol. The quantitative estimate of drug-likeness (QED) is 0.485. The first-order valence-electron chi connectivity index (χ1n) is 5.69. The second kappa shape index (κ2) is 5.48. The average Bonchev–Trinajstić information content (AvgIpc) is 2.38. The largest absolute Gasteiger partial charge is 0.450 e. The van der Waals surface area contributed by atoms with Crippen molar-refractivity contribution in [1.82, 2.24) is 0 Å². The van der Waals surface area contributed by atoms with Crippen LogP contribution in [0.5, 0.6) is 11.5 Å². The fourth-order valence-corrected chi connectivity index (χ4v) is 1.69. The van der Waals surface area contributed by atoms with Crippen molar-refractivity contribution >= 4 is 12.0 Å². The molecule has 6 heteroatoms. The van der Waals surface area contributed by atoms with E-state index in [-0.39, 0.29) is 11.4 Å². The van der Waals surface area contributed by atoms with Crippen molar-refractivity contribution in [3.63, 3.8) is 0 Å². The minimum absolute atomic E-state index is 0.187. The van der Waals surface area contributed by atoms with E-state index < -0.39 is 10.7 Å². The van der Waals surface area contributed by atoms with Crippen molar-refractivity contribution in [2.24, 2.45) is 0 Å². The zero-order chi connectivity index (χ0) is 14.7. The molecule has 0 saturated carbocycles. The number of ether oxygens (including phenoxy) is 1. The van der Waals surface area contributed by atoms with Gasteiger partial charge < -0.3 is 4.74 Å². The summed E-state index contributed by atoms with van der Waals surface area (Å²) in [5.41, 5.74) is 0.825. The highest BCUT2D eigenvalue weighted by Gasteiger charge is 2.16. The van der Waals surface area contributed by atoms with Gasteiger partial charge in [0.25, 0.3) is 0 Å². The summed E-state index contributed by atoms with van der Waals surface area (Å²) in [5, 5.41) is 10.8. The van der Waals surface area contributed by atoms with E-state index in [0.29, 0.717) is 23.2 Å². The molecule has 5 nitrogen and oxygen atoms in total. The number of nitro groups is 1. The highest BCUT2D eigenvalue weighted by Crippen LogP contribution is 2.32. The Kier molecular flexibility index (Phi) is 3.74. The second-order valence-electron chi connectivity index (χ2n) is 4.11. The summed E-state index contributed by atoms with van der Waals surface area (Å²) in [4.78, 5) is 20.9. The number of nitro benzene ring substituents is 1. The number of benzene rings is 2. The molecule has 0 heterocycles. The van der Waals surface area contributed by atoms with E-state index in [2.05, 4.69) is 0 Å². The van der Waals surface area contributed by atoms with Crippen LogP contribution in [0.3, 0.4) is 0 Å². The van der Waals surface area contributed by atoms with E-state index in [0.717, 1.165) is 18.2 Å². The maximum atomic E-state index is 13.2. The number of aldehydes is 1. The summed E-state index contributed by atoms with van der Waals surface area (Å²) < 4.78 is 18.5. The van der Waals surface area contributed by atoms with Crippen LogP contribution < -0.4 is 4.74 Å². The normalized spacial score (nSPS) is 10.1. The van der Waals surface area contributed by atoms with E-state index >= 15 is 0 Å².